The second-order valence-electron chi connectivity index (χ2n) is 9.88. The van der Waals surface area contributed by atoms with Crippen molar-refractivity contribution in [1.82, 2.24) is 19.8 Å². The number of alkyl carbamates (subject to hydrolysis) is 1. The van der Waals surface area contributed by atoms with E-state index in [9.17, 15) is 4.79 Å². The molecule has 8 heteroatoms. The molecule has 1 N–H and O–H groups in total. The molecule has 0 saturated carbocycles. The zero-order valence-electron chi connectivity index (χ0n) is 20.2. The normalized spacial score (nSPS) is 19.5. The number of nitrogens with zero attached hydrogens (tertiary/aromatic N) is 3. The number of aromatic nitrogens is 2. The van der Waals surface area contributed by atoms with E-state index in [1.165, 1.54) is 11.1 Å². The molecular weight excluding hydrogens is 436 g/mol. The number of fused-ring (bicyclic) bond motifs is 2. The fourth-order valence-corrected chi connectivity index (χ4v) is 5.10. The molecule has 1 aromatic carbocycles. The summed E-state index contributed by atoms with van der Waals surface area (Å²) in [4.78, 5) is 19.2. The molecule has 0 spiro atoms. The molecule has 0 radical (unpaired) electrons. The van der Waals surface area contributed by atoms with E-state index in [1.54, 1.807) is 11.8 Å². The van der Waals surface area contributed by atoms with Gasteiger partial charge >= 0.3 is 6.09 Å². The van der Waals surface area contributed by atoms with Crippen LogP contribution in [-0.4, -0.2) is 64.7 Å². The van der Waals surface area contributed by atoms with Gasteiger partial charge in [0.15, 0.2) is 0 Å². The largest absolute Gasteiger partial charge is 0.444 e. The second kappa shape index (κ2) is 10.5. The summed E-state index contributed by atoms with van der Waals surface area (Å²) in [5, 5.41) is 3.78. The molecular formula is C25H36N4O3S. The van der Waals surface area contributed by atoms with Gasteiger partial charge in [-0.2, -0.15) is 0 Å². The van der Waals surface area contributed by atoms with E-state index < -0.39 is 5.60 Å². The molecule has 0 aliphatic carbocycles. The van der Waals surface area contributed by atoms with Crippen molar-refractivity contribution in [3.63, 3.8) is 0 Å². The van der Waals surface area contributed by atoms with Crippen LogP contribution < -0.4 is 5.32 Å². The van der Waals surface area contributed by atoms with Gasteiger partial charge in [0, 0.05) is 38.1 Å². The molecule has 1 saturated heterocycles. The van der Waals surface area contributed by atoms with E-state index in [0.29, 0.717) is 6.54 Å². The molecule has 7 nitrogen and oxygen atoms in total. The Balaban J connectivity index is 1.43. The maximum Gasteiger partial charge on any atom is 0.407 e. The summed E-state index contributed by atoms with van der Waals surface area (Å²) in [6.45, 7) is 9.15. The zero-order valence-corrected chi connectivity index (χ0v) is 21.0. The van der Waals surface area contributed by atoms with E-state index in [4.69, 9.17) is 14.5 Å². The SMILES string of the molecule is CN1CCC(OC2c3ccccc3CCn3cc(SCCNC(=O)OC(C)(C)C)nc32)CC1. The minimum absolute atomic E-state index is 0.147. The monoisotopic (exact) mass is 472 g/mol. The Bertz CT molecular complexity index is 947. The van der Waals surface area contributed by atoms with Gasteiger partial charge in [0.25, 0.3) is 0 Å². The maximum absolute atomic E-state index is 11.9. The Hall–Kier alpha value is -2.03. The predicted octanol–water partition coefficient (Wildman–Crippen LogP) is 4.26. The summed E-state index contributed by atoms with van der Waals surface area (Å²) in [5.74, 6) is 1.72. The van der Waals surface area contributed by atoms with Crippen LogP contribution >= 0.6 is 11.8 Å². The number of hydrogen-bond donors (Lipinski definition) is 1. The number of piperidine rings is 1. The lowest BCUT2D eigenvalue weighted by atomic mass is 10.00. The average molecular weight is 473 g/mol. The quantitative estimate of drug-likeness (QED) is 0.501. The third-order valence-electron chi connectivity index (χ3n) is 5.99. The van der Waals surface area contributed by atoms with Crippen molar-refractivity contribution in [3.8, 4) is 0 Å². The number of ether oxygens (including phenoxy) is 2. The molecule has 1 amide bonds. The van der Waals surface area contributed by atoms with Gasteiger partial charge in [-0.15, -0.1) is 11.8 Å². The summed E-state index contributed by atoms with van der Waals surface area (Å²) >= 11 is 1.65. The first-order valence-electron chi connectivity index (χ1n) is 11.9. The van der Waals surface area contributed by atoms with Gasteiger partial charge in [0.2, 0.25) is 0 Å². The van der Waals surface area contributed by atoms with Crippen LogP contribution in [0.25, 0.3) is 0 Å². The van der Waals surface area contributed by atoms with Gasteiger partial charge in [0.05, 0.1) is 6.10 Å². The number of benzene rings is 1. The molecule has 1 fully saturated rings. The predicted molar refractivity (Wildman–Crippen MR) is 131 cm³/mol. The average Bonchev–Trinajstić information content (AvgIpc) is 3.11. The van der Waals surface area contributed by atoms with Crippen LogP contribution in [0.5, 0.6) is 0 Å². The number of imidazole rings is 1. The molecule has 2 aliphatic heterocycles. The third-order valence-corrected chi connectivity index (χ3v) is 6.89. The standard InChI is InChI=1S/C25H36N4O3S/c1-25(2,3)32-24(30)26-12-16-33-21-17-29-15-9-18-7-5-6-8-20(18)22(23(29)27-21)31-19-10-13-28(4)14-11-19/h5-8,17,19,22H,9-16H2,1-4H3,(H,26,30). The minimum Gasteiger partial charge on any atom is -0.444 e. The summed E-state index contributed by atoms with van der Waals surface area (Å²) in [6, 6.07) is 8.61. The lowest BCUT2D eigenvalue weighted by Crippen LogP contribution is -2.35. The Morgan fingerprint density at radius 1 is 1.21 bits per heavy atom. The van der Waals surface area contributed by atoms with E-state index in [2.05, 4.69) is 52.3 Å². The van der Waals surface area contributed by atoms with E-state index in [0.717, 1.165) is 55.5 Å². The Morgan fingerprint density at radius 3 is 2.73 bits per heavy atom. The molecule has 180 valence electrons. The van der Waals surface area contributed by atoms with Crippen LogP contribution in [0, 0.1) is 0 Å². The number of carbonyl (C=O) groups is 1. The first kappa shape index (κ1) is 24.1. The summed E-state index contributed by atoms with van der Waals surface area (Å²) in [7, 11) is 2.17. The van der Waals surface area contributed by atoms with Crippen LogP contribution in [0.15, 0.2) is 35.5 Å². The third kappa shape index (κ3) is 6.52. The highest BCUT2D eigenvalue weighted by Gasteiger charge is 2.30. The highest BCUT2D eigenvalue weighted by Crippen LogP contribution is 2.35. The van der Waals surface area contributed by atoms with Gasteiger partial charge in [-0.3, -0.25) is 0 Å². The molecule has 1 aromatic heterocycles. The van der Waals surface area contributed by atoms with Crippen molar-refractivity contribution >= 4 is 17.9 Å². The van der Waals surface area contributed by atoms with Gasteiger partial charge in [0.1, 0.15) is 22.6 Å². The number of carbonyl (C=O) groups excluding carboxylic acids is 1. The van der Waals surface area contributed by atoms with E-state index >= 15 is 0 Å². The summed E-state index contributed by atoms with van der Waals surface area (Å²) < 4.78 is 14.3. The van der Waals surface area contributed by atoms with Crippen molar-refractivity contribution in [1.29, 1.82) is 0 Å². The first-order chi connectivity index (χ1) is 15.8. The lowest BCUT2D eigenvalue weighted by Gasteiger charge is -2.32. The van der Waals surface area contributed by atoms with Crippen LogP contribution in [0.1, 0.15) is 56.7 Å². The summed E-state index contributed by atoms with van der Waals surface area (Å²) in [5.41, 5.74) is 2.10. The Labute approximate surface area is 201 Å². The van der Waals surface area contributed by atoms with Crippen molar-refractivity contribution in [2.24, 2.45) is 0 Å². The number of nitrogens with one attached hydrogen (secondary N) is 1. The molecule has 1 atom stereocenters. The fraction of sp³-hybridized carbons (Fsp3) is 0.600. The number of rotatable bonds is 6. The lowest BCUT2D eigenvalue weighted by molar-refractivity contribution is -0.0276. The molecule has 33 heavy (non-hydrogen) atoms. The van der Waals surface area contributed by atoms with Crippen molar-refractivity contribution < 1.29 is 14.3 Å². The maximum atomic E-state index is 11.9. The van der Waals surface area contributed by atoms with Gasteiger partial charge in [-0.25, -0.2) is 9.78 Å². The van der Waals surface area contributed by atoms with Crippen molar-refractivity contribution in [3.05, 3.63) is 47.4 Å². The molecule has 2 aliphatic rings. The smallest absolute Gasteiger partial charge is 0.407 e. The molecule has 2 aromatic rings. The highest BCUT2D eigenvalue weighted by atomic mass is 32.2. The molecule has 0 bridgehead atoms. The number of aryl methyl sites for hydroxylation is 2. The number of amides is 1. The number of likely N-dealkylation sites (tertiary alicyclic amines) is 1. The van der Waals surface area contributed by atoms with Gasteiger partial charge in [-0.1, -0.05) is 24.3 Å². The van der Waals surface area contributed by atoms with E-state index in [-0.39, 0.29) is 18.3 Å². The van der Waals surface area contributed by atoms with Gasteiger partial charge in [-0.05, 0) is 58.2 Å². The summed E-state index contributed by atoms with van der Waals surface area (Å²) in [6.07, 6.45) is 4.92. The first-order valence-corrected chi connectivity index (χ1v) is 12.9. The number of hydrogen-bond acceptors (Lipinski definition) is 6. The molecule has 1 unspecified atom stereocenters. The van der Waals surface area contributed by atoms with Crippen LogP contribution in [0.2, 0.25) is 0 Å². The molecule has 3 heterocycles. The van der Waals surface area contributed by atoms with Gasteiger partial charge < -0.3 is 24.3 Å². The Morgan fingerprint density at radius 2 is 1.97 bits per heavy atom. The highest BCUT2D eigenvalue weighted by molar-refractivity contribution is 7.99. The zero-order chi connectivity index (χ0) is 23.4. The van der Waals surface area contributed by atoms with Crippen LogP contribution in [-0.2, 0) is 22.4 Å². The van der Waals surface area contributed by atoms with Crippen molar-refractivity contribution in [2.45, 2.75) is 69.4 Å². The topological polar surface area (TPSA) is 68.6 Å². The van der Waals surface area contributed by atoms with Crippen LogP contribution in [0.4, 0.5) is 4.79 Å². The fourth-order valence-electron chi connectivity index (χ4n) is 4.33. The van der Waals surface area contributed by atoms with Crippen LogP contribution in [0.3, 0.4) is 0 Å². The Kier molecular flexibility index (Phi) is 7.66. The van der Waals surface area contributed by atoms with E-state index in [1.807, 2.05) is 20.8 Å². The van der Waals surface area contributed by atoms with Crippen molar-refractivity contribution in [2.75, 3.05) is 32.4 Å². The molecule has 4 rings (SSSR count). The number of thioether (sulfide) groups is 1. The second-order valence-corrected chi connectivity index (χ2v) is 11.0. The minimum atomic E-state index is -0.488.